The van der Waals surface area contributed by atoms with Crippen LogP contribution in [-0.2, 0) is 38.8 Å². The van der Waals surface area contributed by atoms with E-state index < -0.39 is 51.9 Å². The van der Waals surface area contributed by atoms with Crippen molar-refractivity contribution in [2.24, 2.45) is 0 Å². The molecule has 41 heavy (non-hydrogen) atoms. The number of carbonyl (C=O) groups excluding carboxylic acids is 2. The molecule has 0 radical (unpaired) electrons. The molecule has 0 aromatic heterocycles. The standard InChI is InChI=1S/C29H31ClF3N3O4S/c1-4-34-28(38)26(16-21-11-6-5-7-12-21)35(18-22-13-9-8-10-20(22)2)27(37)19-36(41(3,39)40)25-17-23(29(31,32)33)14-15-24(25)30/h5-15,17,26H,4,16,18-19H2,1-3H3,(H,34,38). The maximum atomic E-state index is 14.0. The van der Waals surface area contributed by atoms with Crippen LogP contribution in [0, 0.1) is 6.92 Å². The summed E-state index contributed by atoms with van der Waals surface area (Å²) in [7, 11) is -4.29. The summed E-state index contributed by atoms with van der Waals surface area (Å²) in [5, 5.41) is 2.45. The summed E-state index contributed by atoms with van der Waals surface area (Å²) in [5.74, 6) is -1.25. The smallest absolute Gasteiger partial charge is 0.355 e. The second kappa shape index (κ2) is 13.4. The average molecular weight is 610 g/mol. The number of alkyl halides is 3. The number of anilines is 1. The van der Waals surface area contributed by atoms with Crippen LogP contribution in [0.4, 0.5) is 18.9 Å². The number of nitrogens with zero attached hydrogens (tertiary/aromatic N) is 2. The quantitative estimate of drug-likeness (QED) is 0.323. The number of rotatable bonds is 11. The number of carbonyl (C=O) groups is 2. The van der Waals surface area contributed by atoms with E-state index in [-0.39, 0.29) is 24.5 Å². The van der Waals surface area contributed by atoms with Crippen LogP contribution in [0.25, 0.3) is 0 Å². The van der Waals surface area contributed by atoms with E-state index in [4.69, 9.17) is 11.6 Å². The molecule has 7 nitrogen and oxygen atoms in total. The van der Waals surface area contributed by atoms with Crippen LogP contribution in [0.3, 0.4) is 0 Å². The fourth-order valence-corrected chi connectivity index (χ4v) is 5.41. The predicted molar refractivity (Wildman–Crippen MR) is 153 cm³/mol. The molecule has 0 aliphatic heterocycles. The van der Waals surface area contributed by atoms with Gasteiger partial charge >= 0.3 is 6.18 Å². The Kier molecular flexibility index (Phi) is 10.4. The van der Waals surface area contributed by atoms with Crippen molar-refractivity contribution in [2.45, 2.75) is 39.0 Å². The summed E-state index contributed by atoms with van der Waals surface area (Å²) < 4.78 is 66.7. The van der Waals surface area contributed by atoms with E-state index in [1.54, 1.807) is 43.3 Å². The van der Waals surface area contributed by atoms with Crippen molar-refractivity contribution in [2.75, 3.05) is 23.7 Å². The predicted octanol–water partition coefficient (Wildman–Crippen LogP) is 5.21. The number of amides is 2. The van der Waals surface area contributed by atoms with Gasteiger partial charge in [-0.05, 0) is 48.7 Å². The topological polar surface area (TPSA) is 86.8 Å². The van der Waals surface area contributed by atoms with Crippen LogP contribution >= 0.6 is 11.6 Å². The van der Waals surface area contributed by atoms with Gasteiger partial charge in [-0.1, -0.05) is 66.2 Å². The number of hydrogen-bond acceptors (Lipinski definition) is 4. The van der Waals surface area contributed by atoms with Gasteiger partial charge in [-0.15, -0.1) is 0 Å². The molecule has 1 N–H and O–H groups in total. The van der Waals surface area contributed by atoms with Crippen LogP contribution in [0.15, 0.2) is 72.8 Å². The van der Waals surface area contributed by atoms with Gasteiger partial charge in [-0.3, -0.25) is 13.9 Å². The minimum Gasteiger partial charge on any atom is -0.355 e. The molecule has 0 saturated carbocycles. The summed E-state index contributed by atoms with van der Waals surface area (Å²) >= 11 is 6.16. The van der Waals surface area contributed by atoms with Crippen LogP contribution in [0.5, 0.6) is 0 Å². The average Bonchev–Trinajstić information content (AvgIpc) is 2.90. The Balaban J connectivity index is 2.11. The van der Waals surface area contributed by atoms with E-state index in [2.05, 4.69) is 5.32 Å². The van der Waals surface area contributed by atoms with Gasteiger partial charge in [-0.25, -0.2) is 8.42 Å². The number of hydrogen-bond donors (Lipinski definition) is 1. The Labute approximate surface area is 243 Å². The fraction of sp³-hybridized carbons (Fsp3) is 0.310. The zero-order valence-electron chi connectivity index (χ0n) is 22.8. The van der Waals surface area contributed by atoms with Gasteiger partial charge < -0.3 is 10.2 Å². The number of benzene rings is 3. The van der Waals surface area contributed by atoms with Crippen molar-refractivity contribution in [3.05, 3.63) is 100 Å². The van der Waals surface area contributed by atoms with Gasteiger partial charge in [0.05, 0.1) is 22.5 Å². The largest absolute Gasteiger partial charge is 0.416 e. The monoisotopic (exact) mass is 609 g/mol. The van der Waals surface area contributed by atoms with Crippen molar-refractivity contribution in [3.63, 3.8) is 0 Å². The first kappa shape index (κ1) is 32.0. The SMILES string of the molecule is CCNC(=O)C(Cc1ccccc1)N(Cc1ccccc1C)C(=O)CN(c1cc(C(F)(F)F)ccc1Cl)S(C)(=O)=O. The normalized spacial score (nSPS) is 12.5. The molecular weight excluding hydrogens is 579 g/mol. The van der Waals surface area contributed by atoms with Crippen molar-refractivity contribution in [1.82, 2.24) is 10.2 Å². The van der Waals surface area contributed by atoms with E-state index >= 15 is 0 Å². The lowest BCUT2D eigenvalue weighted by Crippen LogP contribution is -2.53. The van der Waals surface area contributed by atoms with Crippen LogP contribution < -0.4 is 9.62 Å². The summed E-state index contributed by atoms with van der Waals surface area (Å²) in [6.45, 7) is 2.92. The number of nitrogens with one attached hydrogen (secondary N) is 1. The highest BCUT2D eigenvalue weighted by Gasteiger charge is 2.35. The van der Waals surface area contributed by atoms with Crippen molar-refractivity contribution < 1.29 is 31.2 Å². The summed E-state index contributed by atoms with van der Waals surface area (Å²) in [6, 6.07) is 17.4. The number of sulfonamides is 1. The highest BCUT2D eigenvalue weighted by Crippen LogP contribution is 2.36. The van der Waals surface area contributed by atoms with Crippen molar-refractivity contribution >= 4 is 39.1 Å². The van der Waals surface area contributed by atoms with E-state index in [0.717, 1.165) is 29.5 Å². The Morgan fingerprint density at radius 3 is 2.22 bits per heavy atom. The lowest BCUT2D eigenvalue weighted by atomic mass is 10.0. The maximum Gasteiger partial charge on any atom is 0.416 e. The van der Waals surface area contributed by atoms with E-state index in [9.17, 15) is 31.2 Å². The second-order valence-corrected chi connectivity index (χ2v) is 11.8. The molecule has 3 rings (SSSR count). The first-order valence-corrected chi connectivity index (χ1v) is 14.9. The highest BCUT2D eigenvalue weighted by molar-refractivity contribution is 7.92. The third kappa shape index (κ3) is 8.46. The van der Waals surface area contributed by atoms with Gasteiger partial charge in [0.1, 0.15) is 12.6 Å². The Hall–Kier alpha value is -3.57. The fourth-order valence-electron chi connectivity index (χ4n) is 4.29. The molecule has 0 heterocycles. The molecule has 220 valence electrons. The van der Waals surface area contributed by atoms with E-state index in [1.807, 2.05) is 25.1 Å². The second-order valence-electron chi connectivity index (χ2n) is 9.48. The van der Waals surface area contributed by atoms with Crippen molar-refractivity contribution in [3.8, 4) is 0 Å². The van der Waals surface area contributed by atoms with Gasteiger partial charge in [0.2, 0.25) is 21.8 Å². The summed E-state index contributed by atoms with van der Waals surface area (Å²) in [4.78, 5) is 28.6. The summed E-state index contributed by atoms with van der Waals surface area (Å²) in [6.07, 6.45) is -3.89. The minimum absolute atomic E-state index is 0.0476. The number of halogens is 4. The van der Waals surface area contributed by atoms with Crippen molar-refractivity contribution in [1.29, 1.82) is 0 Å². The number of likely N-dealkylation sites (N-methyl/N-ethyl adjacent to an activating group) is 1. The molecule has 1 atom stereocenters. The molecule has 0 aliphatic carbocycles. The zero-order chi connectivity index (χ0) is 30.4. The Morgan fingerprint density at radius 1 is 1.00 bits per heavy atom. The lowest BCUT2D eigenvalue weighted by molar-refractivity contribution is -0.140. The molecular formula is C29H31ClF3N3O4S. The van der Waals surface area contributed by atoms with Gasteiger partial charge in [0, 0.05) is 19.5 Å². The van der Waals surface area contributed by atoms with Gasteiger partial charge in [0.15, 0.2) is 0 Å². The Bertz CT molecular complexity index is 1480. The Morgan fingerprint density at radius 2 is 1.63 bits per heavy atom. The molecule has 3 aromatic carbocycles. The molecule has 2 amide bonds. The van der Waals surface area contributed by atoms with Gasteiger partial charge in [0.25, 0.3) is 0 Å². The first-order chi connectivity index (χ1) is 19.2. The maximum absolute atomic E-state index is 14.0. The number of aryl methyl sites for hydroxylation is 1. The van der Waals surface area contributed by atoms with E-state index in [1.165, 1.54) is 4.90 Å². The molecule has 1 unspecified atom stereocenters. The molecule has 3 aromatic rings. The molecule has 0 saturated heterocycles. The van der Waals surface area contributed by atoms with E-state index in [0.29, 0.717) is 15.9 Å². The molecule has 12 heteroatoms. The third-order valence-electron chi connectivity index (χ3n) is 6.45. The highest BCUT2D eigenvalue weighted by atomic mass is 35.5. The van der Waals surface area contributed by atoms with Crippen LogP contribution in [0.1, 0.15) is 29.2 Å². The zero-order valence-corrected chi connectivity index (χ0v) is 24.4. The lowest BCUT2D eigenvalue weighted by Gasteiger charge is -2.34. The third-order valence-corrected chi connectivity index (χ3v) is 7.89. The molecule has 0 bridgehead atoms. The molecule has 0 fully saturated rings. The summed E-state index contributed by atoms with van der Waals surface area (Å²) in [5.41, 5.74) is 0.684. The molecule has 0 spiro atoms. The van der Waals surface area contributed by atoms with Gasteiger partial charge in [-0.2, -0.15) is 13.2 Å². The first-order valence-electron chi connectivity index (χ1n) is 12.7. The van der Waals surface area contributed by atoms with Crippen LogP contribution in [-0.4, -0.2) is 50.5 Å². The molecule has 0 aliphatic rings. The van der Waals surface area contributed by atoms with Crippen LogP contribution in [0.2, 0.25) is 5.02 Å². The minimum atomic E-state index is -4.78.